The Morgan fingerprint density at radius 1 is 1.14 bits per heavy atom. The molecule has 2 N–H and O–H groups in total. The molecule has 0 radical (unpaired) electrons. The van der Waals surface area contributed by atoms with Crippen LogP contribution in [-0.2, 0) is 17.8 Å². The fourth-order valence-corrected chi connectivity index (χ4v) is 4.08. The first-order valence-corrected chi connectivity index (χ1v) is 9.91. The molecule has 6 nitrogen and oxygen atoms in total. The number of urea groups is 1. The van der Waals surface area contributed by atoms with Gasteiger partial charge in [-0.1, -0.05) is 19.1 Å². The zero-order valence-electron chi connectivity index (χ0n) is 16.1. The number of aryl methyl sites for hydroxylation is 1. The standard InChI is InChI=1S/C22H26N4O2/c1-2-16-3-5-18(6-4-16)25-21(28)26-12-9-22(15-26)13-19(22)20(27)24-14-17-7-10-23-11-8-17/h3-8,10-11,19H,2,9,12-15H2,1H3,(H,24,27)(H,25,28)/t19-,22+/m0/s1. The number of nitrogens with one attached hydrogen (secondary N) is 2. The van der Waals surface area contributed by atoms with Gasteiger partial charge in [-0.3, -0.25) is 9.78 Å². The average molecular weight is 378 g/mol. The monoisotopic (exact) mass is 378 g/mol. The molecule has 1 aromatic heterocycles. The van der Waals surface area contributed by atoms with Crippen molar-refractivity contribution in [2.24, 2.45) is 11.3 Å². The zero-order valence-corrected chi connectivity index (χ0v) is 16.1. The Morgan fingerprint density at radius 2 is 1.89 bits per heavy atom. The molecule has 146 valence electrons. The van der Waals surface area contributed by atoms with Crippen LogP contribution in [0.25, 0.3) is 0 Å². The summed E-state index contributed by atoms with van der Waals surface area (Å²) < 4.78 is 0. The SMILES string of the molecule is CCc1ccc(NC(=O)N2CC[C@@]3(C[C@H]3C(=O)NCc3ccncc3)C2)cc1. The molecule has 4 rings (SSSR count). The van der Waals surface area contributed by atoms with Gasteiger partial charge >= 0.3 is 6.03 Å². The van der Waals surface area contributed by atoms with Crippen LogP contribution < -0.4 is 10.6 Å². The molecule has 2 aliphatic rings. The molecular weight excluding hydrogens is 352 g/mol. The van der Waals surface area contributed by atoms with Gasteiger partial charge in [0.15, 0.2) is 0 Å². The van der Waals surface area contributed by atoms with Crippen LogP contribution in [0.5, 0.6) is 0 Å². The van der Waals surface area contributed by atoms with Crippen molar-refractivity contribution in [3.8, 4) is 0 Å². The van der Waals surface area contributed by atoms with Gasteiger partial charge in [-0.25, -0.2) is 4.79 Å². The van der Waals surface area contributed by atoms with Crippen molar-refractivity contribution in [1.29, 1.82) is 0 Å². The fourth-order valence-electron chi connectivity index (χ4n) is 4.08. The van der Waals surface area contributed by atoms with Gasteiger partial charge in [-0.15, -0.1) is 0 Å². The molecule has 0 bridgehead atoms. The minimum atomic E-state index is -0.0797. The number of aromatic nitrogens is 1. The van der Waals surface area contributed by atoms with Gasteiger partial charge in [0.25, 0.3) is 0 Å². The molecule has 1 saturated carbocycles. The van der Waals surface area contributed by atoms with Crippen molar-refractivity contribution in [2.75, 3.05) is 18.4 Å². The number of pyridine rings is 1. The molecule has 1 aliphatic heterocycles. The van der Waals surface area contributed by atoms with Crippen LogP contribution in [0.1, 0.15) is 30.9 Å². The first-order chi connectivity index (χ1) is 13.6. The molecule has 2 atom stereocenters. The Hall–Kier alpha value is -2.89. The summed E-state index contributed by atoms with van der Waals surface area (Å²) in [7, 11) is 0. The largest absolute Gasteiger partial charge is 0.352 e. The smallest absolute Gasteiger partial charge is 0.321 e. The van der Waals surface area contributed by atoms with Gasteiger partial charge in [0.05, 0.1) is 0 Å². The maximum absolute atomic E-state index is 12.6. The number of nitrogens with zero attached hydrogens (tertiary/aromatic N) is 2. The van der Waals surface area contributed by atoms with Crippen LogP contribution in [0.2, 0.25) is 0 Å². The molecule has 1 saturated heterocycles. The van der Waals surface area contributed by atoms with E-state index in [2.05, 4.69) is 22.5 Å². The highest BCUT2D eigenvalue weighted by atomic mass is 16.2. The lowest BCUT2D eigenvalue weighted by Crippen LogP contribution is -2.34. The topological polar surface area (TPSA) is 74.3 Å². The molecular formula is C22H26N4O2. The highest BCUT2D eigenvalue weighted by molar-refractivity contribution is 5.90. The van der Waals surface area contributed by atoms with E-state index < -0.39 is 0 Å². The van der Waals surface area contributed by atoms with Crippen molar-refractivity contribution in [2.45, 2.75) is 32.7 Å². The van der Waals surface area contributed by atoms with E-state index in [0.29, 0.717) is 19.6 Å². The van der Waals surface area contributed by atoms with E-state index in [1.165, 1.54) is 5.56 Å². The van der Waals surface area contributed by atoms with Gasteiger partial charge in [0.2, 0.25) is 5.91 Å². The van der Waals surface area contributed by atoms with E-state index in [1.807, 2.05) is 41.3 Å². The number of rotatable bonds is 5. The van der Waals surface area contributed by atoms with Crippen molar-refractivity contribution >= 4 is 17.6 Å². The highest BCUT2D eigenvalue weighted by Crippen LogP contribution is 2.58. The first kappa shape index (κ1) is 18.5. The van der Waals surface area contributed by atoms with Crippen LogP contribution in [0.3, 0.4) is 0 Å². The number of benzene rings is 1. The second kappa shape index (κ2) is 7.62. The van der Waals surface area contributed by atoms with Gasteiger partial charge in [-0.2, -0.15) is 0 Å². The predicted octanol–water partition coefficient (Wildman–Crippen LogP) is 3.20. The Labute approximate surface area is 165 Å². The lowest BCUT2D eigenvalue weighted by molar-refractivity contribution is -0.123. The Kier molecular flexibility index (Phi) is 5.03. The van der Waals surface area contributed by atoms with E-state index in [9.17, 15) is 9.59 Å². The number of amides is 3. The van der Waals surface area contributed by atoms with E-state index in [-0.39, 0.29) is 23.3 Å². The molecule has 3 amide bonds. The Bertz CT molecular complexity index is 853. The molecule has 1 aromatic carbocycles. The van der Waals surface area contributed by atoms with Crippen molar-refractivity contribution in [3.63, 3.8) is 0 Å². The molecule has 1 spiro atoms. The summed E-state index contributed by atoms with van der Waals surface area (Å²) in [6.45, 7) is 3.98. The number of carbonyl (C=O) groups excluding carboxylic acids is 2. The second-order valence-electron chi connectivity index (χ2n) is 7.84. The van der Waals surface area contributed by atoms with Crippen molar-refractivity contribution in [1.82, 2.24) is 15.2 Å². The molecule has 2 fully saturated rings. The number of likely N-dealkylation sites (tertiary alicyclic amines) is 1. The van der Waals surface area contributed by atoms with E-state index >= 15 is 0 Å². The van der Waals surface area contributed by atoms with Gasteiger partial charge in [0, 0.05) is 49.0 Å². The summed E-state index contributed by atoms with van der Waals surface area (Å²) in [5.41, 5.74) is 3.06. The predicted molar refractivity (Wildman–Crippen MR) is 108 cm³/mol. The van der Waals surface area contributed by atoms with Crippen molar-refractivity contribution in [3.05, 3.63) is 59.9 Å². The van der Waals surface area contributed by atoms with E-state index in [4.69, 9.17) is 0 Å². The average Bonchev–Trinajstić information content (AvgIpc) is 3.26. The molecule has 0 unspecified atom stereocenters. The summed E-state index contributed by atoms with van der Waals surface area (Å²) in [4.78, 5) is 30.9. The number of hydrogen-bond acceptors (Lipinski definition) is 3. The zero-order chi connectivity index (χ0) is 19.6. The first-order valence-electron chi connectivity index (χ1n) is 9.91. The number of anilines is 1. The summed E-state index contributed by atoms with van der Waals surface area (Å²) >= 11 is 0. The molecule has 2 aromatic rings. The summed E-state index contributed by atoms with van der Waals surface area (Å²) in [5.74, 6) is 0.102. The highest BCUT2D eigenvalue weighted by Gasteiger charge is 2.61. The van der Waals surface area contributed by atoms with Crippen LogP contribution in [0.4, 0.5) is 10.5 Å². The molecule has 6 heteroatoms. The van der Waals surface area contributed by atoms with Crippen molar-refractivity contribution < 1.29 is 9.59 Å². The lowest BCUT2D eigenvalue weighted by atomic mass is 10.0. The van der Waals surface area contributed by atoms with Gasteiger partial charge in [0.1, 0.15) is 0 Å². The summed E-state index contributed by atoms with van der Waals surface area (Å²) in [5, 5.41) is 5.99. The lowest BCUT2D eigenvalue weighted by Gasteiger charge is -2.18. The molecule has 28 heavy (non-hydrogen) atoms. The quantitative estimate of drug-likeness (QED) is 0.839. The number of hydrogen-bond donors (Lipinski definition) is 2. The number of carbonyl (C=O) groups is 2. The fraction of sp³-hybridized carbons (Fsp3) is 0.409. The van der Waals surface area contributed by atoms with Gasteiger partial charge in [-0.05, 0) is 54.7 Å². The molecule has 1 aliphatic carbocycles. The Balaban J connectivity index is 1.27. The van der Waals surface area contributed by atoms with Gasteiger partial charge < -0.3 is 15.5 Å². The summed E-state index contributed by atoms with van der Waals surface area (Å²) in [6, 6.07) is 11.7. The molecule has 2 heterocycles. The third-order valence-corrected chi connectivity index (χ3v) is 6.01. The summed E-state index contributed by atoms with van der Waals surface area (Å²) in [6.07, 6.45) is 6.19. The Morgan fingerprint density at radius 3 is 2.61 bits per heavy atom. The van der Waals surface area contributed by atoms with Crippen LogP contribution in [0.15, 0.2) is 48.8 Å². The minimum Gasteiger partial charge on any atom is -0.352 e. The minimum absolute atomic E-state index is 0.0102. The third-order valence-electron chi connectivity index (χ3n) is 6.01. The maximum Gasteiger partial charge on any atom is 0.321 e. The van der Waals surface area contributed by atoms with Crippen LogP contribution in [0, 0.1) is 11.3 Å². The maximum atomic E-state index is 12.6. The normalized spacial score (nSPS) is 22.9. The second-order valence-corrected chi connectivity index (χ2v) is 7.84. The van der Waals surface area contributed by atoms with E-state index in [0.717, 1.165) is 30.5 Å². The third kappa shape index (κ3) is 3.86. The van der Waals surface area contributed by atoms with Crippen LogP contribution >= 0.6 is 0 Å². The van der Waals surface area contributed by atoms with E-state index in [1.54, 1.807) is 12.4 Å². The van der Waals surface area contributed by atoms with Crippen LogP contribution in [-0.4, -0.2) is 34.9 Å².